The molecular weight excluding hydrogens is 352 g/mol. The first kappa shape index (κ1) is 14.4. The van der Waals surface area contributed by atoms with Crippen molar-refractivity contribution in [1.29, 1.82) is 0 Å². The standard InChI is InChI=1S/C20H9F2N3O2/c21-7-1-3-11-9(5-7)13-15-16(20(27)25-19(15)26)14-10-6-8(22)2-4-12(10)24-18(14)17(13)23-11/h1-6,23-24H,(H,25,26,27). The molecule has 0 aliphatic carbocycles. The Morgan fingerprint density at radius 2 is 1.11 bits per heavy atom. The van der Waals surface area contributed by atoms with Crippen molar-refractivity contribution in [2.24, 2.45) is 0 Å². The number of carbonyl (C=O) groups is 2. The molecule has 1 aliphatic rings. The number of halogens is 2. The van der Waals surface area contributed by atoms with Crippen LogP contribution in [-0.4, -0.2) is 21.8 Å². The quantitative estimate of drug-likeness (QED) is 0.363. The summed E-state index contributed by atoms with van der Waals surface area (Å²) in [7, 11) is 0. The molecule has 2 aromatic heterocycles. The van der Waals surface area contributed by atoms with E-state index in [-0.39, 0.29) is 11.1 Å². The van der Waals surface area contributed by atoms with E-state index in [1.165, 1.54) is 24.3 Å². The van der Waals surface area contributed by atoms with Crippen molar-refractivity contribution < 1.29 is 18.4 Å². The Morgan fingerprint density at radius 1 is 0.667 bits per heavy atom. The normalized spacial score (nSPS) is 14.0. The minimum Gasteiger partial charge on any atom is -0.353 e. The lowest BCUT2D eigenvalue weighted by Crippen LogP contribution is -2.20. The highest BCUT2D eigenvalue weighted by Gasteiger charge is 2.34. The Morgan fingerprint density at radius 3 is 1.56 bits per heavy atom. The number of benzene rings is 3. The number of rotatable bonds is 0. The van der Waals surface area contributed by atoms with E-state index in [0.717, 1.165) is 0 Å². The van der Waals surface area contributed by atoms with E-state index in [1.807, 2.05) is 0 Å². The molecule has 5 nitrogen and oxygen atoms in total. The summed E-state index contributed by atoms with van der Waals surface area (Å²) >= 11 is 0. The molecule has 1 aliphatic heterocycles. The summed E-state index contributed by atoms with van der Waals surface area (Å²) in [5.41, 5.74) is 2.79. The number of aromatic amines is 2. The van der Waals surface area contributed by atoms with Crippen LogP contribution in [0.2, 0.25) is 0 Å². The molecule has 0 radical (unpaired) electrons. The number of amides is 2. The third-order valence-corrected chi connectivity index (χ3v) is 5.20. The van der Waals surface area contributed by atoms with E-state index < -0.39 is 23.4 Å². The van der Waals surface area contributed by atoms with Crippen LogP contribution in [0.25, 0.3) is 43.6 Å². The Labute approximate surface area is 149 Å². The van der Waals surface area contributed by atoms with Crippen LogP contribution in [0, 0.1) is 11.6 Å². The third-order valence-electron chi connectivity index (χ3n) is 5.20. The topological polar surface area (TPSA) is 77.8 Å². The average Bonchev–Trinajstić information content (AvgIpc) is 3.26. The van der Waals surface area contributed by atoms with Crippen molar-refractivity contribution in [3.63, 3.8) is 0 Å². The molecule has 0 saturated carbocycles. The van der Waals surface area contributed by atoms with Crippen LogP contribution in [0.5, 0.6) is 0 Å². The van der Waals surface area contributed by atoms with Crippen molar-refractivity contribution in [2.75, 3.05) is 0 Å². The molecule has 3 heterocycles. The maximum atomic E-state index is 13.9. The number of fused-ring (bicyclic) bond motifs is 10. The van der Waals surface area contributed by atoms with Crippen LogP contribution in [0.4, 0.5) is 8.78 Å². The molecule has 0 bridgehead atoms. The fourth-order valence-electron chi connectivity index (χ4n) is 4.15. The lowest BCUT2D eigenvalue weighted by molar-refractivity contribution is 0.0880. The molecule has 0 unspecified atom stereocenters. The van der Waals surface area contributed by atoms with E-state index in [2.05, 4.69) is 15.3 Å². The molecule has 0 saturated heterocycles. The van der Waals surface area contributed by atoms with E-state index in [9.17, 15) is 18.4 Å². The van der Waals surface area contributed by atoms with Gasteiger partial charge in [0.15, 0.2) is 0 Å². The van der Waals surface area contributed by atoms with Gasteiger partial charge in [-0.2, -0.15) is 0 Å². The number of H-pyrrole nitrogens is 2. The van der Waals surface area contributed by atoms with Crippen LogP contribution in [0.3, 0.4) is 0 Å². The second-order valence-corrected chi connectivity index (χ2v) is 6.66. The van der Waals surface area contributed by atoms with Crippen molar-refractivity contribution in [3.8, 4) is 0 Å². The van der Waals surface area contributed by atoms with Gasteiger partial charge in [-0.05, 0) is 36.4 Å². The molecule has 3 N–H and O–H groups in total. The highest BCUT2D eigenvalue weighted by molar-refractivity contribution is 6.39. The third kappa shape index (κ3) is 1.66. The molecular formula is C20H9F2N3O2. The van der Waals surface area contributed by atoms with Crippen molar-refractivity contribution in [3.05, 3.63) is 59.2 Å². The zero-order chi connectivity index (χ0) is 18.4. The molecule has 0 spiro atoms. The second-order valence-electron chi connectivity index (χ2n) is 6.66. The minimum absolute atomic E-state index is 0.185. The van der Waals surface area contributed by atoms with Gasteiger partial charge in [-0.3, -0.25) is 14.9 Å². The van der Waals surface area contributed by atoms with Gasteiger partial charge < -0.3 is 9.97 Å². The van der Waals surface area contributed by atoms with Gasteiger partial charge in [0.1, 0.15) is 11.6 Å². The Balaban J connectivity index is 2.00. The second kappa shape index (κ2) is 4.50. The van der Waals surface area contributed by atoms with Crippen LogP contribution in [0.15, 0.2) is 36.4 Å². The molecule has 3 aromatic carbocycles. The van der Waals surface area contributed by atoms with E-state index >= 15 is 0 Å². The zero-order valence-electron chi connectivity index (χ0n) is 13.5. The van der Waals surface area contributed by atoms with Crippen molar-refractivity contribution >= 4 is 55.4 Å². The molecule has 6 rings (SSSR count). The number of imide groups is 1. The number of carbonyl (C=O) groups excluding carboxylic acids is 2. The lowest BCUT2D eigenvalue weighted by Gasteiger charge is -2.03. The van der Waals surface area contributed by atoms with Gasteiger partial charge in [-0.15, -0.1) is 0 Å². The fourth-order valence-corrected chi connectivity index (χ4v) is 4.15. The molecule has 5 aromatic rings. The van der Waals surface area contributed by atoms with Crippen LogP contribution in [0.1, 0.15) is 20.7 Å². The first-order chi connectivity index (χ1) is 13.0. The molecule has 130 valence electrons. The summed E-state index contributed by atoms with van der Waals surface area (Å²) in [6.07, 6.45) is 0. The lowest BCUT2D eigenvalue weighted by atomic mass is 9.96. The summed E-state index contributed by atoms with van der Waals surface area (Å²) in [5.74, 6) is -1.97. The van der Waals surface area contributed by atoms with Gasteiger partial charge in [0.25, 0.3) is 11.8 Å². The van der Waals surface area contributed by atoms with Crippen molar-refractivity contribution in [1.82, 2.24) is 15.3 Å². The first-order valence-electron chi connectivity index (χ1n) is 8.26. The molecule has 27 heavy (non-hydrogen) atoms. The summed E-state index contributed by atoms with van der Waals surface area (Å²) in [6, 6.07) is 8.47. The van der Waals surface area contributed by atoms with Crippen LogP contribution in [-0.2, 0) is 0 Å². The van der Waals surface area contributed by atoms with Gasteiger partial charge in [-0.25, -0.2) is 8.78 Å². The highest BCUT2D eigenvalue weighted by atomic mass is 19.1. The largest absolute Gasteiger partial charge is 0.353 e. The van der Waals surface area contributed by atoms with Crippen LogP contribution < -0.4 is 5.32 Å². The number of hydrogen-bond acceptors (Lipinski definition) is 2. The Bertz CT molecular complexity index is 1400. The Kier molecular flexibility index (Phi) is 2.41. The molecule has 0 atom stereocenters. The van der Waals surface area contributed by atoms with Crippen molar-refractivity contribution in [2.45, 2.75) is 0 Å². The number of aromatic nitrogens is 2. The number of nitrogens with one attached hydrogen (secondary N) is 3. The molecule has 2 amide bonds. The fraction of sp³-hybridized carbons (Fsp3) is 0. The monoisotopic (exact) mass is 361 g/mol. The zero-order valence-corrected chi connectivity index (χ0v) is 13.5. The van der Waals surface area contributed by atoms with E-state index in [0.29, 0.717) is 43.6 Å². The van der Waals surface area contributed by atoms with Gasteiger partial charge in [0.2, 0.25) is 0 Å². The summed E-state index contributed by atoms with van der Waals surface area (Å²) in [5, 5.41) is 4.28. The first-order valence-corrected chi connectivity index (χ1v) is 8.26. The minimum atomic E-state index is -0.544. The maximum absolute atomic E-state index is 13.9. The molecule has 0 fully saturated rings. The van der Waals surface area contributed by atoms with Crippen LogP contribution >= 0.6 is 0 Å². The van der Waals surface area contributed by atoms with Gasteiger partial charge in [0, 0.05) is 32.6 Å². The van der Waals surface area contributed by atoms with Gasteiger partial charge in [0.05, 0.1) is 22.2 Å². The average molecular weight is 361 g/mol. The van der Waals surface area contributed by atoms with Gasteiger partial charge in [-0.1, -0.05) is 0 Å². The smallest absolute Gasteiger partial charge is 0.259 e. The predicted molar refractivity (Wildman–Crippen MR) is 96.9 cm³/mol. The predicted octanol–water partition coefficient (Wildman–Crippen LogP) is 4.12. The Hall–Kier alpha value is -3.74. The number of hydrogen-bond donors (Lipinski definition) is 3. The maximum Gasteiger partial charge on any atom is 0.259 e. The van der Waals surface area contributed by atoms with Gasteiger partial charge >= 0.3 is 0 Å². The summed E-state index contributed by atoms with van der Waals surface area (Å²) < 4.78 is 27.7. The van der Waals surface area contributed by atoms with E-state index in [1.54, 1.807) is 12.1 Å². The van der Waals surface area contributed by atoms with E-state index in [4.69, 9.17) is 0 Å². The molecule has 7 heteroatoms. The SMILES string of the molecule is O=C1NC(=O)c2c1c1c3cc(F)ccc3[nH]c1c1[nH]c3ccc(F)cc3c21. The summed E-state index contributed by atoms with van der Waals surface area (Å²) in [4.78, 5) is 31.5. The highest BCUT2D eigenvalue weighted by Crippen LogP contribution is 2.42. The summed E-state index contributed by atoms with van der Waals surface area (Å²) in [6.45, 7) is 0.